The van der Waals surface area contributed by atoms with E-state index in [1.807, 2.05) is 0 Å². The number of rotatable bonds is 5. The first kappa shape index (κ1) is 16.9. The van der Waals surface area contributed by atoms with Crippen molar-refractivity contribution in [1.29, 1.82) is 0 Å². The second-order valence-corrected chi connectivity index (χ2v) is 5.67. The van der Waals surface area contributed by atoms with Gasteiger partial charge in [-0.15, -0.1) is 0 Å². The zero-order valence-electron chi connectivity index (χ0n) is 12.4. The van der Waals surface area contributed by atoms with Gasteiger partial charge in [-0.25, -0.2) is 0 Å². The maximum atomic E-state index is 11.4. The standard InChI is InChI=1S/C14H25NO5/c1-7(2)14(19)15-6-11(17)12(18)13-9(4)10(16)5-8(3)20-13/h5,7,9-13,16-18H,6H2,1-4H3,(H,15,19)/t9-,10?,11+,12+,13?/m1/s1. The monoisotopic (exact) mass is 287 g/mol. The lowest BCUT2D eigenvalue weighted by molar-refractivity contribution is -0.128. The van der Waals surface area contributed by atoms with Crippen LogP contribution in [0.2, 0.25) is 0 Å². The molecule has 0 aliphatic carbocycles. The highest BCUT2D eigenvalue weighted by Gasteiger charge is 2.37. The normalized spacial score (nSPS) is 29.4. The minimum Gasteiger partial charge on any atom is -0.492 e. The van der Waals surface area contributed by atoms with Gasteiger partial charge in [0.25, 0.3) is 0 Å². The molecule has 1 aliphatic rings. The quantitative estimate of drug-likeness (QED) is 0.560. The molecular formula is C14H25NO5. The first-order valence-corrected chi connectivity index (χ1v) is 6.91. The first-order chi connectivity index (χ1) is 9.23. The summed E-state index contributed by atoms with van der Waals surface area (Å²) in [6, 6.07) is 0. The molecule has 6 nitrogen and oxygen atoms in total. The van der Waals surface area contributed by atoms with Crippen molar-refractivity contribution < 1.29 is 24.9 Å². The Balaban J connectivity index is 2.58. The van der Waals surface area contributed by atoms with Crippen molar-refractivity contribution in [3.05, 3.63) is 11.8 Å². The van der Waals surface area contributed by atoms with Crippen molar-refractivity contribution in [2.45, 2.75) is 52.1 Å². The Labute approximate surface area is 119 Å². The van der Waals surface area contributed by atoms with Crippen molar-refractivity contribution in [3.8, 4) is 0 Å². The van der Waals surface area contributed by atoms with Crippen molar-refractivity contribution >= 4 is 5.91 Å². The second kappa shape index (κ2) is 7.06. The molecule has 0 aromatic rings. The Morgan fingerprint density at radius 2 is 2.05 bits per heavy atom. The SMILES string of the molecule is CC1=CC(O)[C@@H](C)C([C@@H](O)[C@@H](O)CNC(=O)C(C)C)O1. The van der Waals surface area contributed by atoms with Crippen LogP contribution in [0.3, 0.4) is 0 Å². The van der Waals surface area contributed by atoms with Crippen molar-refractivity contribution in [2.24, 2.45) is 11.8 Å². The van der Waals surface area contributed by atoms with E-state index < -0.39 is 24.4 Å². The van der Waals surface area contributed by atoms with Gasteiger partial charge in [0.2, 0.25) is 5.91 Å². The molecule has 5 atom stereocenters. The number of hydrogen-bond donors (Lipinski definition) is 4. The van der Waals surface area contributed by atoms with Crippen LogP contribution < -0.4 is 5.32 Å². The largest absolute Gasteiger partial charge is 0.492 e. The molecule has 0 saturated carbocycles. The van der Waals surface area contributed by atoms with E-state index in [2.05, 4.69) is 5.32 Å². The van der Waals surface area contributed by atoms with E-state index in [4.69, 9.17) is 4.74 Å². The number of carbonyl (C=O) groups is 1. The summed E-state index contributed by atoms with van der Waals surface area (Å²) >= 11 is 0. The molecule has 0 radical (unpaired) electrons. The molecule has 6 heteroatoms. The average Bonchev–Trinajstić information content (AvgIpc) is 2.38. The van der Waals surface area contributed by atoms with Gasteiger partial charge in [0.1, 0.15) is 18.3 Å². The topological polar surface area (TPSA) is 99.0 Å². The zero-order chi connectivity index (χ0) is 15.4. The summed E-state index contributed by atoms with van der Waals surface area (Å²) < 4.78 is 5.48. The molecule has 1 amide bonds. The lowest BCUT2D eigenvalue weighted by Crippen LogP contribution is -2.51. The van der Waals surface area contributed by atoms with E-state index in [1.54, 1.807) is 33.8 Å². The van der Waals surface area contributed by atoms with Gasteiger partial charge in [-0.1, -0.05) is 20.8 Å². The van der Waals surface area contributed by atoms with Gasteiger partial charge >= 0.3 is 0 Å². The highest BCUT2D eigenvalue weighted by Crippen LogP contribution is 2.26. The van der Waals surface area contributed by atoms with Crippen molar-refractivity contribution in [2.75, 3.05) is 6.54 Å². The maximum absolute atomic E-state index is 11.4. The number of amides is 1. The van der Waals surface area contributed by atoms with Crippen molar-refractivity contribution in [1.82, 2.24) is 5.32 Å². The van der Waals surface area contributed by atoms with E-state index in [0.717, 1.165) is 0 Å². The number of aliphatic hydroxyl groups excluding tert-OH is 3. The number of aliphatic hydroxyl groups is 3. The van der Waals surface area contributed by atoms with E-state index in [-0.39, 0.29) is 24.3 Å². The third kappa shape index (κ3) is 4.19. The van der Waals surface area contributed by atoms with Gasteiger partial charge in [0.15, 0.2) is 0 Å². The summed E-state index contributed by atoms with van der Waals surface area (Å²) in [7, 11) is 0. The Bertz CT molecular complexity index is 369. The Morgan fingerprint density at radius 1 is 1.45 bits per heavy atom. The fourth-order valence-corrected chi connectivity index (χ4v) is 2.08. The van der Waals surface area contributed by atoms with Gasteiger partial charge in [0.05, 0.1) is 11.9 Å². The Hall–Kier alpha value is -1.11. The predicted octanol–water partition coefficient (Wildman–Crippen LogP) is -0.220. The van der Waals surface area contributed by atoms with Gasteiger partial charge in [-0.05, 0) is 13.0 Å². The summed E-state index contributed by atoms with van der Waals surface area (Å²) in [5.74, 6) is -0.205. The minimum atomic E-state index is -1.18. The number of allylic oxidation sites excluding steroid dienone is 1. The molecule has 0 aromatic carbocycles. The molecule has 0 aromatic heterocycles. The fraction of sp³-hybridized carbons (Fsp3) is 0.786. The lowest BCUT2D eigenvalue weighted by Gasteiger charge is -2.36. The molecule has 4 N–H and O–H groups in total. The van der Waals surface area contributed by atoms with Crippen LogP contribution in [0.15, 0.2) is 11.8 Å². The van der Waals surface area contributed by atoms with Gasteiger partial charge < -0.3 is 25.4 Å². The van der Waals surface area contributed by atoms with Crippen LogP contribution in [-0.4, -0.2) is 52.2 Å². The van der Waals surface area contributed by atoms with Crippen LogP contribution >= 0.6 is 0 Å². The Morgan fingerprint density at radius 3 is 2.60 bits per heavy atom. The second-order valence-electron chi connectivity index (χ2n) is 5.67. The van der Waals surface area contributed by atoms with Gasteiger partial charge in [-0.2, -0.15) is 0 Å². The minimum absolute atomic E-state index is 0.0520. The Kier molecular flexibility index (Phi) is 5.98. The van der Waals surface area contributed by atoms with E-state index in [1.165, 1.54) is 0 Å². The summed E-state index contributed by atoms with van der Waals surface area (Å²) in [6.45, 7) is 6.86. The molecule has 0 saturated heterocycles. The van der Waals surface area contributed by atoms with Crippen molar-refractivity contribution in [3.63, 3.8) is 0 Å². The molecule has 20 heavy (non-hydrogen) atoms. The fourth-order valence-electron chi connectivity index (χ4n) is 2.08. The molecule has 0 spiro atoms. The lowest BCUT2D eigenvalue weighted by atomic mass is 9.89. The number of ether oxygens (including phenoxy) is 1. The first-order valence-electron chi connectivity index (χ1n) is 6.91. The third-order valence-electron chi connectivity index (χ3n) is 3.52. The highest BCUT2D eigenvalue weighted by atomic mass is 16.5. The molecule has 1 aliphatic heterocycles. The summed E-state index contributed by atoms with van der Waals surface area (Å²) in [6.07, 6.45) is -2.19. The van der Waals surface area contributed by atoms with E-state index >= 15 is 0 Å². The molecule has 1 rings (SSSR count). The zero-order valence-corrected chi connectivity index (χ0v) is 12.4. The van der Waals surface area contributed by atoms with E-state index in [9.17, 15) is 20.1 Å². The average molecular weight is 287 g/mol. The molecular weight excluding hydrogens is 262 g/mol. The molecule has 116 valence electrons. The highest BCUT2D eigenvalue weighted by molar-refractivity contribution is 5.77. The summed E-state index contributed by atoms with van der Waals surface area (Å²) in [4.78, 5) is 11.4. The van der Waals surface area contributed by atoms with Crippen LogP contribution in [0.1, 0.15) is 27.7 Å². The predicted molar refractivity (Wildman–Crippen MR) is 73.7 cm³/mol. The molecule has 2 unspecified atom stereocenters. The molecule has 0 bridgehead atoms. The van der Waals surface area contributed by atoms with Crippen LogP contribution in [0.25, 0.3) is 0 Å². The van der Waals surface area contributed by atoms with Crippen LogP contribution in [0, 0.1) is 11.8 Å². The van der Waals surface area contributed by atoms with E-state index in [0.29, 0.717) is 5.76 Å². The van der Waals surface area contributed by atoms with Gasteiger partial charge in [0, 0.05) is 18.4 Å². The van der Waals surface area contributed by atoms with Crippen LogP contribution in [0.5, 0.6) is 0 Å². The van der Waals surface area contributed by atoms with Crippen LogP contribution in [-0.2, 0) is 9.53 Å². The van der Waals surface area contributed by atoms with Gasteiger partial charge in [-0.3, -0.25) is 4.79 Å². The number of carbonyl (C=O) groups excluding carboxylic acids is 1. The molecule has 1 heterocycles. The maximum Gasteiger partial charge on any atom is 0.222 e. The summed E-state index contributed by atoms with van der Waals surface area (Å²) in [5, 5.41) is 32.5. The smallest absolute Gasteiger partial charge is 0.222 e. The third-order valence-corrected chi connectivity index (χ3v) is 3.52. The summed E-state index contributed by atoms with van der Waals surface area (Å²) in [5.41, 5.74) is 0. The van der Waals surface area contributed by atoms with Crippen LogP contribution in [0.4, 0.5) is 0 Å². The number of nitrogens with one attached hydrogen (secondary N) is 1. The number of hydrogen-bond acceptors (Lipinski definition) is 5. The molecule has 0 fully saturated rings.